The summed E-state index contributed by atoms with van der Waals surface area (Å²) < 4.78 is 37.8. The van der Waals surface area contributed by atoms with Crippen molar-refractivity contribution in [2.75, 3.05) is 38.7 Å². The number of carbonyl (C=O) groups excluding carboxylic acids is 1. The highest BCUT2D eigenvalue weighted by atomic mass is 32.2. The standard InChI is InChI=1S/C20H28N2O5S/c1-26-19-5-4-17(28(24,25)22-6-8-27-9-7-22)13-18(19)21-20(23)12-16-11-14-2-3-15(16)10-14/h4-5,13-16H,2-3,6-12H2,1H3,(H,21,23)/t14-,15-,16+/m0/s1. The van der Waals surface area contributed by atoms with Gasteiger partial charge in [-0.15, -0.1) is 0 Å². The minimum absolute atomic E-state index is 0.0724. The number of rotatable bonds is 6. The van der Waals surface area contributed by atoms with E-state index in [0.29, 0.717) is 56.0 Å². The van der Waals surface area contributed by atoms with Crippen molar-refractivity contribution in [3.05, 3.63) is 18.2 Å². The lowest BCUT2D eigenvalue weighted by atomic mass is 9.86. The molecule has 0 spiro atoms. The van der Waals surface area contributed by atoms with Crippen LogP contribution < -0.4 is 10.1 Å². The highest BCUT2D eigenvalue weighted by Gasteiger charge is 2.40. The number of sulfonamides is 1. The first-order chi connectivity index (χ1) is 13.5. The van der Waals surface area contributed by atoms with Crippen LogP contribution in [-0.2, 0) is 19.6 Å². The van der Waals surface area contributed by atoms with Gasteiger partial charge in [0, 0.05) is 19.5 Å². The topological polar surface area (TPSA) is 84.9 Å². The molecule has 2 aliphatic carbocycles. The van der Waals surface area contributed by atoms with Crippen molar-refractivity contribution in [2.24, 2.45) is 17.8 Å². The Morgan fingerprint density at radius 2 is 2.04 bits per heavy atom. The molecular formula is C20H28N2O5S. The molecule has 3 atom stereocenters. The van der Waals surface area contributed by atoms with Gasteiger partial charge >= 0.3 is 0 Å². The van der Waals surface area contributed by atoms with Crippen molar-refractivity contribution in [1.82, 2.24) is 4.31 Å². The quantitative estimate of drug-likeness (QED) is 0.782. The Bertz CT molecular complexity index is 835. The average molecular weight is 409 g/mol. The van der Waals surface area contributed by atoms with Crippen LogP contribution in [-0.4, -0.2) is 52.0 Å². The van der Waals surface area contributed by atoms with Gasteiger partial charge < -0.3 is 14.8 Å². The van der Waals surface area contributed by atoms with E-state index < -0.39 is 10.0 Å². The third-order valence-electron chi connectivity index (χ3n) is 6.38. The van der Waals surface area contributed by atoms with Crippen molar-refractivity contribution < 1.29 is 22.7 Å². The molecule has 8 heteroatoms. The average Bonchev–Trinajstić information content (AvgIpc) is 3.31. The Morgan fingerprint density at radius 3 is 2.68 bits per heavy atom. The summed E-state index contributed by atoms with van der Waals surface area (Å²) in [6.07, 6.45) is 5.43. The molecule has 0 aromatic heterocycles. The molecule has 0 radical (unpaired) electrons. The summed E-state index contributed by atoms with van der Waals surface area (Å²) in [4.78, 5) is 12.8. The van der Waals surface area contributed by atoms with Gasteiger partial charge in [0.05, 0.1) is 30.9 Å². The van der Waals surface area contributed by atoms with Crippen molar-refractivity contribution in [2.45, 2.75) is 37.0 Å². The first-order valence-electron chi connectivity index (χ1n) is 10.0. The molecule has 1 amide bonds. The molecule has 2 saturated carbocycles. The summed E-state index contributed by atoms with van der Waals surface area (Å²) in [7, 11) is -2.12. The van der Waals surface area contributed by atoms with Crippen molar-refractivity contribution in [3.63, 3.8) is 0 Å². The number of ether oxygens (including phenoxy) is 2. The van der Waals surface area contributed by atoms with Crippen LogP contribution in [0.5, 0.6) is 5.75 Å². The van der Waals surface area contributed by atoms with E-state index in [1.165, 1.54) is 42.8 Å². The van der Waals surface area contributed by atoms with Gasteiger partial charge in [0.2, 0.25) is 15.9 Å². The Balaban J connectivity index is 1.49. The van der Waals surface area contributed by atoms with Crippen LogP contribution in [0.25, 0.3) is 0 Å². The van der Waals surface area contributed by atoms with E-state index in [-0.39, 0.29) is 10.8 Å². The lowest BCUT2D eigenvalue weighted by Gasteiger charge is -2.26. The summed E-state index contributed by atoms with van der Waals surface area (Å²) in [5.41, 5.74) is 0.407. The van der Waals surface area contributed by atoms with Gasteiger partial charge in [-0.1, -0.05) is 6.42 Å². The number of carbonyl (C=O) groups is 1. The highest BCUT2D eigenvalue weighted by molar-refractivity contribution is 7.89. The van der Waals surface area contributed by atoms with Crippen LogP contribution in [0.4, 0.5) is 5.69 Å². The number of hydrogen-bond donors (Lipinski definition) is 1. The summed E-state index contributed by atoms with van der Waals surface area (Å²) in [6.45, 7) is 1.45. The van der Waals surface area contributed by atoms with Gasteiger partial charge in [0.15, 0.2) is 0 Å². The third-order valence-corrected chi connectivity index (χ3v) is 8.28. The normalized spacial score (nSPS) is 27.7. The molecule has 1 aromatic rings. The SMILES string of the molecule is COc1ccc(S(=O)(=O)N2CCOCC2)cc1NC(=O)C[C@H]1C[C@H]2CC[C@H]1C2. The second kappa shape index (κ2) is 8.00. The molecule has 28 heavy (non-hydrogen) atoms. The number of anilines is 1. The predicted molar refractivity (Wildman–Crippen MR) is 105 cm³/mol. The van der Waals surface area contributed by atoms with E-state index in [1.807, 2.05) is 0 Å². The maximum absolute atomic E-state index is 12.9. The number of morpholine rings is 1. The molecule has 1 saturated heterocycles. The van der Waals surface area contributed by atoms with Gasteiger partial charge in [-0.2, -0.15) is 4.31 Å². The Kier molecular flexibility index (Phi) is 5.62. The predicted octanol–water partition coefficient (Wildman–Crippen LogP) is 2.48. The minimum atomic E-state index is -3.63. The third kappa shape index (κ3) is 3.90. The van der Waals surface area contributed by atoms with Crippen LogP contribution in [0.3, 0.4) is 0 Å². The number of fused-ring (bicyclic) bond motifs is 2. The lowest BCUT2D eigenvalue weighted by molar-refractivity contribution is -0.117. The van der Waals surface area contributed by atoms with E-state index in [2.05, 4.69) is 5.32 Å². The first-order valence-corrected chi connectivity index (χ1v) is 11.5. The minimum Gasteiger partial charge on any atom is -0.495 e. The van der Waals surface area contributed by atoms with Crippen LogP contribution in [0.1, 0.15) is 32.1 Å². The van der Waals surface area contributed by atoms with Crippen LogP contribution in [0.15, 0.2) is 23.1 Å². The zero-order chi connectivity index (χ0) is 19.7. The second-order valence-corrected chi connectivity index (χ2v) is 10.0. The largest absolute Gasteiger partial charge is 0.495 e. The van der Waals surface area contributed by atoms with Gasteiger partial charge in [-0.05, 0) is 55.2 Å². The first kappa shape index (κ1) is 19.7. The number of methoxy groups -OCH3 is 1. The smallest absolute Gasteiger partial charge is 0.243 e. The number of benzene rings is 1. The van der Waals surface area contributed by atoms with E-state index in [4.69, 9.17) is 9.47 Å². The fourth-order valence-electron chi connectivity index (χ4n) is 4.95. The molecule has 1 heterocycles. The molecule has 1 N–H and O–H groups in total. The molecular weight excluding hydrogens is 380 g/mol. The molecule has 154 valence electrons. The Morgan fingerprint density at radius 1 is 1.25 bits per heavy atom. The zero-order valence-corrected chi connectivity index (χ0v) is 17.0. The maximum atomic E-state index is 12.9. The number of nitrogens with one attached hydrogen (secondary N) is 1. The molecule has 4 rings (SSSR count). The lowest BCUT2D eigenvalue weighted by Crippen LogP contribution is -2.40. The summed E-state index contributed by atoms with van der Waals surface area (Å²) in [6, 6.07) is 4.62. The van der Waals surface area contributed by atoms with Crippen molar-refractivity contribution in [3.8, 4) is 5.75 Å². The highest BCUT2D eigenvalue weighted by Crippen LogP contribution is 2.49. The Labute approximate surface area is 166 Å². The molecule has 1 aromatic carbocycles. The molecule has 3 fully saturated rings. The zero-order valence-electron chi connectivity index (χ0n) is 16.2. The van der Waals surface area contributed by atoms with Crippen molar-refractivity contribution >= 4 is 21.6 Å². The Hall–Kier alpha value is -1.64. The van der Waals surface area contributed by atoms with E-state index >= 15 is 0 Å². The number of nitrogens with zero attached hydrogens (tertiary/aromatic N) is 1. The van der Waals surface area contributed by atoms with Gasteiger partial charge in [-0.25, -0.2) is 8.42 Å². The molecule has 0 unspecified atom stereocenters. The molecule has 1 aliphatic heterocycles. The maximum Gasteiger partial charge on any atom is 0.243 e. The summed E-state index contributed by atoms with van der Waals surface area (Å²) >= 11 is 0. The van der Waals surface area contributed by atoms with E-state index in [0.717, 1.165) is 12.3 Å². The van der Waals surface area contributed by atoms with Gasteiger partial charge in [0.1, 0.15) is 5.75 Å². The van der Waals surface area contributed by atoms with Crippen LogP contribution in [0.2, 0.25) is 0 Å². The molecule has 3 aliphatic rings. The van der Waals surface area contributed by atoms with Crippen LogP contribution in [0, 0.1) is 17.8 Å². The van der Waals surface area contributed by atoms with Crippen molar-refractivity contribution in [1.29, 1.82) is 0 Å². The number of hydrogen-bond acceptors (Lipinski definition) is 5. The fourth-order valence-corrected chi connectivity index (χ4v) is 6.38. The van der Waals surface area contributed by atoms with Gasteiger partial charge in [0.25, 0.3) is 0 Å². The van der Waals surface area contributed by atoms with E-state index in [9.17, 15) is 13.2 Å². The summed E-state index contributed by atoms with van der Waals surface area (Å²) in [5.74, 6) is 2.30. The summed E-state index contributed by atoms with van der Waals surface area (Å²) in [5, 5.41) is 2.89. The fraction of sp³-hybridized carbons (Fsp3) is 0.650. The monoisotopic (exact) mass is 408 g/mol. The van der Waals surface area contributed by atoms with Gasteiger partial charge in [-0.3, -0.25) is 4.79 Å². The van der Waals surface area contributed by atoms with E-state index in [1.54, 1.807) is 6.07 Å². The molecule has 2 bridgehead atoms. The number of amides is 1. The molecule has 7 nitrogen and oxygen atoms in total. The van der Waals surface area contributed by atoms with Crippen LogP contribution >= 0.6 is 0 Å². The second-order valence-electron chi connectivity index (χ2n) is 8.07.